The second kappa shape index (κ2) is 5.17. The van der Waals surface area contributed by atoms with Crippen molar-refractivity contribution in [2.45, 2.75) is 0 Å². The summed E-state index contributed by atoms with van der Waals surface area (Å²) in [6, 6.07) is 13.8. The third kappa shape index (κ3) is 2.05. The van der Waals surface area contributed by atoms with E-state index in [9.17, 15) is 0 Å². The highest BCUT2D eigenvalue weighted by molar-refractivity contribution is 5.62. The van der Waals surface area contributed by atoms with Gasteiger partial charge in [0.15, 0.2) is 11.5 Å². The highest BCUT2D eigenvalue weighted by atomic mass is 16.5. The molecule has 4 heteroatoms. The summed E-state index contributed by atoms with van der Waals surface area (Å²) in [5.74, 6) is 1.44. The van der Waals surface area contributed by atoms with Crippen molar-refractivity contribution in [2.24, 2.45) is 0 Å². The molecule has 2 aromatic heterocycles. The van der Waals surface area contributed by atoms with Crippen LogP contribution in [-0.2, 0) is 0 Å². The first-order valence-electron chi connectivity index (χ1n) is 6.31. The van der Waals surface area contributed by atoms with Gasteiger partial charge in [-0.05, 0) is 29.2 Å². The second-order valence-electron chi connectivity index (χ2n) is 4.33. The summed E-state index contributed by atoms with van der Waals surface area (Å²) in [4.78, 5) is 4.35. The number of pyridine rings is 1. The van der Waals surface area contributed by atoms with E-state index in [2.05, 4.69) is 4.98 Å². The molecule has 0 amide bonds. The van der Waals surface area contributed by atoms with Gasteiger partial charge in [-0.1, -0.05) is 6.07 Å². The highest BCUT2D eigenvalue weighted by Gasteiger charge is 2.13. The highest BCUT2D eigenvalue weighted by Crippen LogP contribution is 2.31. The van der Waals surface area contributed by atoms with E-state index < -0.39 is 0 Å². The standard InChI is InChI=1S/C16H15N2O2/c1-19-14-7-6-12(11-15(14)20-2)13-8-9-17-16-5-3-4-10-18(13)16/h3-11H,1-2H3/q+1. The lowest BCUT2D eigenvalue weighted by molar-refractivity contribution is -0.502. The average molecular weight is 267 g/mol. The number of nitrogens with zero attached hydrogens (tertiary/aromatic N) is 2. The van der Waals surface area contributed by atoms with Crippen LogP contribution in [0.5, 0.6) is 11.5 Å². The molecule has 0 saturated heterocycles. The molecular formula is C16H15N2O2+. The molecule has 100 valence electrons. The van der Waals surface area contributed by atoms with Crippen LogP contribution in [0.25, 0.3) is 16.9 Å². The smallest absolute Gasteiger partial charge is 0.327 e. The third-order valence-electron chi connectivity index (χ3n) is 3.22. The molecule has 1 aromatic carbocycles. The van der Waals surface area contributed by atoms with Gasteiger partial charge in [-0.15, -0.1) is 0 Å². The van der Waals surface area contributed by atoms with Gasteiger partial charge in [-0.2, -0.15) is 4.40 Å². The van der Waals surface area contributed by atoms with Crippen LogP contribution in [0.15, 0.2) is 54.9 Å². The van der Waals surface area contributed by atoms with E-state index >= 15 is 0 Å². The summed E-state index contributed by atoms with van der Waals surface area (Å²) in [5.41, 5.74) is 3.00. The topological polar surface area (TPSA) is 35.5 Å². The zero-order chi connectivity index (χ0) is 13.9. The van der Waals surface area contributed by atoms with Gasteiger partial charge in [0.25, 0.3) is 0 Å². The first-order valence-corrected chi connectivity index (χ1v) is 6.31. The molecule has 0 saturated carbocycles. The number of aromatic nitrogens is 2. The van der Waals surface area contributed by atoms with Crippen LogP contribution in [0.3, 0.4) is 0 Å². The van der Waals surface area contributed by atoms with E-state index in [-0.39, 0.29) is 0 Å². The van der Waals surface area contributed by atoms with Crippen molar-refractivity contribution in [1.82, 2.24) is 4.98 Å². The Bertz CT molecular complexity index is 751. The fourth-order valence-corrected chi connectivity index (χ4v) is 2.24. The van der Waals surface area contributed by atoms with Crippen LogP contribution in [0, 0.1) is 0 Å². The molecule has 0 bridgehead atoms. The van der Waals surface area contributed by atoms with Crippen molar-refractivity contribution >= 4 is 5.65 Å². The number of hydrogen-bond donors (Lipinski definition) is 0. The van der Waals surface area contributed by atoms with E-state index in [4.69, 9.17) is 9.47 Å². The Morgan fingerprint density at radius 3 is 2.60 bits per heavy atom. The maximum absolute atomic E-state index is 5.36. The molecule has 3 rings (SSSR count). The first kappa shape index (κ1) is 12.4. The molecular weight excluding hydrogens is 252 g/mol. The lowest BCUT2D eigenvalue weighted by Gasteiger charge is -2.09. The summed E-state index contributed by atoms with van der Waals surface area (Å²) >= 11 is 0. The van der Waals surface area contributed by atoms with Gasteiger partial charge < -0.3 is 9.47 Å². The maximum Gasteiger partial charge on any atom is 0.327 e. The Labute approximate surface area is 117 Å². The maximum atomic E-state index is 5.36. The van der Waals surface area contributed by atoms with E-state index in [1.54, 1.807) is 20.4 Å². The largest absolute Gasteiger partial charge is 0.493 e. The Morgan fingerprint density at radius 2 is 1.80 bits per heavy atom. The van der Waals surface area contributed by atoms with Crippen LogP contribution in [0.4, 0.5) is 0 Å². The van der Waals surface area contributed by atoms with Crippen LogP contribution >= 0.6 is 0 Å². The average Bonchev–Trinajstić information content (AvgIpc) is 2.53. The van der Waals surface area contributed by atoms with E-state index in [0.717, 1.165) is 22.7 Å². The van der Waals surface area contributed by atoms with Crippen molar-refractivity contribution in [1.29, 1.82) is 0 Å². The quantitative estimate of drug-likeness (QED) is 0.684. The second-order valence-corrected chi connectivity index (χ2v) is 4.33. The zero-order valence-electron chi connectivity index (χ0n) is 11.4. The van der Waals surface area contributed by atoms with E-state index in [1.165, 1.54) is 0 Å². The molecule has 0 aliphatic heterocycles. The van der Waals surface area contributed by atoms with Gasteiger partial charge in [-0.3, -0.25) is 0 Å². The lowest BCUT2D eigenvalue weighted by Crippen LogP contribution is -2.25. The summed E-state index contributed by atoms with van der Waals surface area (Å²) in [7, 11) is 3.27. The number of methoxy groups -OCH3 is 2. The Kier molecular flexibility index (Phi) is 3.21. The molecule has 0 radical (unpaired) electrons. The van der Waals surface area contributed by atoms with Crippen LogP contribution in [0.1, 0.15) is 0 Å². The molecule has 0 spiro atoms. The Balaban J connectivity index is 2.21. The lowest BCUT2D eigenvalue weighted by atomic mass is 10.1. The van der Waals surface area contributed by atoms with Crippen molar-refractivity contribution in [2.75, 3.05) is 14.2 Å². The van der Waals surface area contributed by atoms with Crippen LogP contribution < -0.4 is 13.9 Å². The Morgan fingerprint density at radius 1 is 0.950 bits per heavy atom. The first-order chi connectivity index (χ1) is 9.83. The molecule has 3 aromatic rings. The predicted molar refractivity (Wildman–Crippen MR) is 75.9 cm³/mol. The third-order valence-corrected chi connectivity index (χ3v) is 3.22. The molecule has 0 N–H and O–H groups in total. The minimum absolute atomic E-state index is 0.714. The molecule has 0 aliphatic rings. The van der Waals surface area contributed by atoms with Crippen LogP contribution in [0.2, 0.25) is 0 Å². The summed E-state index contributed by atoms with van der Waals surface area (Å²) in [6.45, 7) is 0. The molecule has 2 heterocycles. The van der Waals surface area contributed by atoms with Crippen molar-refractivity contribution in [3.63, 3.8) is 0 Å². The van der Waals surface area contributed by atoms with E-state index in [1.807, 2.05) is 53.1 Å². The van der Waals surface area contributed by atoms with Crippen molar-refractivity contribution in [3.8, 4) is 22.8 Å². The molecule has 4 nitrogen and oxygen atoms in total. The van der Waals surface area contributed by atoms with Gasteiger partial charge >= 0.3 is 5.65 Å². The van der Waals surface area contributed by atoms with Gasteiger partial charge in [0.2, 0.25) is 0 Å². The van der Waals surface area contributed by atoms with Crippen molar-refractivity contribution in [3.05, 3.63) is 54.9 Å². The Hall–Kier alpha value is -2.62. The minimum Gasteiger partial charge on any atom is -0.493 e. The summed E-state index contributed by atoms with van der Waals surface area (Å²) in [6.07, 6.45) is 3.80. The molecule has 0 atom stereocenters. The summed E-state index contributed by atoms with van der Waals surface area (Å²) in [5, 5.41) is 0. The number of benzene rings is 1. The number of rotatable bonds is 3. The summed E-state index contributed by atoms with van der Waals surface area (Å²) < 4.78 is 12.7. The van der Waals surface area contributed by atoms with Crippen LogP contribution in [-0.4, -0.2) is 19.2 Å². The number of fused-ring (bicyclic) bond motifs is 1. The molecule has 0 aliphatic carbocycles. The van der Waals surface area contributed by atoms with Gasteiger partial charge in [0.1, 0.15) is 11.9 Å². The molecule has 0 fully saturated rings. The van der Waals surface area contributed by atoms with Gasteiger partial charge in [0.05, 0.1) is 20.4 Å². The van der Waals surface area contributed by atoms with Gasteiger partial charge in [-0.25, -0.2) is 0 Å². The SMILES string of the molecule is COc1ccc(-c2ccnc3cccc[n+]23)cc1OC. The van der Waals surface area contributed by atoms with Crippen molar-refractivity contribution < 1.29 is 13.9 Å². The predicted octanol–water partition coefficient (Wildman–Crippen LogP) is 2.50. The van der Waals surface area contributed by atoms with E-state index in [0.29, 0.717) is 5.75 Å². The normalized spacial score (nSPS) is 10.5. The fraction of sp³-hybridized carbons (Fsp3) is 0.125. The number of ether oxygens (including phenoxy) is 2. The zero-order valence-corrected chi connectivity index (χ0v) is 11.4. The molecule has 20 heavy (non-hydrogen) atoms. The minimum atomic E-state index is 0.714. The number of hydrogen-bond acceptors (Lipinski definition) is 3. The van der Waals surface area contributed by atoms with Gasteiger partial charge in [0, 0.05) is 17.7 Å². The monoisotopic (exact) mass is 267 g/mol. The molecule has 0 unspecified atom stereocenters. The fourth-order valence-electron chi connectivity index (χ4n) is 2.24.